The average molecular weight is 430 g/mol. The lowest BCUT2D eigenvalue weighted by molar-refractivity contribution is 0.101. The number of nitrogens with two attached hydrogens (primary N) is 1. The first-order valence-corrected chi connectivity index (χ1v) is 10.4. The molecule has 0 aliphatic carbocycles. The predicted molar refractivity (Wildman–Crippen MR) is 100 cm³/mol. The van der Waals surface area contributed by atoms with Gasteiger partial charge in [0.1, 0.15) is 10.6 Å². The summed E-state index contributed by atoms with van der Waals surface area (Å²) >= 11 is 0. The van der Waals surface area contributed by atoms with Crippen LogP contribution in [0.3, 0.4) is 0 Å². The van der Waals surface area contributed by atoms with Crippen LogP contribution in [0, 0.1) is 17.5 Å². The highest BCUT2D eigenvalue weighted by molar-refractivity contribution is 7.89. The summed E-state index contributed by atoms with van der Waals surface area (Å²) < 4.78 is 69.6. The molecule has 1 aromatic heterocycles. The zero-order chi connectivity index (χ0) is 21.3. The number of hydrogen-bond acceptors (Lipinski definition) is 4. The van der Waals surface area contributed by atoms with E-state index in [0.717, 1.165) is 35.4 Å². The summed E-state index contributed by atoms with van der Waals surface area (Å²) in [5, 5.41) is 2.24. The third kappa shape index (κ3) is 4.02. The Labute approximate surface area is 166 Å². The second-order valence-electron chi connectivity index (χ2n) is 6.85. The standard InChI is InChI=1S/C18H21F3N4O3S/c1-24-10-15(29(27,28)25-7-3-2-4-12(25)9-22)16(21)17(24)18(26)23-11-5-6-13(19)14(20)8-11/h5-6,8,10,12H,2-4,7,9,22H2,1H3,(H,23,26). The fourth-order valence-electron chi connectivity index (χ4n) is 3.42. The van der Waals surface area contributed by atoms with Gasteiger partial charge in [-0.15, -0.1) is 0 Å². The number of aromatic nitrogens is 1. The Morgan fingerprint density at radius 2 is 1.97 bits per heavy atom. The van der Waals surface area contributed by atoms with Crippen LogP contribution in [-0.4, -0.2) is 42.3 Å². The number of piperidine rings is 1. The molecule has 2 heterocycles. The van der Waals surface area contributed by atoms with Crippen molar-refractivity contribution in [2.24, 2.45) is 12.8 Å². The minimum atomic E-state index is -4.21. The number of rotatable bonds is 5. The van der Waals surface area contributed by atoms with E-state index < -0.39 is 50.0 Å². The zero-order valence-corrected chi connectivity index (χ0v) is 16.5. The quantitative estimate of drug-likeness (QED) is 0.760. The Kier molecular flexibility index (Phi) is 6.01. The van der Waals surface area contributed by atoms with Gasteiger partial charge in [0.25, 0.3) is 5.91 Å². The Morgan fingerprint density at radius 1 is 1.24 bits per heavy atom. The summed E-state index contributed by atoms with van der Waals surface area (Å²) in [4.78, 5) is 11.8. The van der Waals surface area contributed by atoms with Gasteiger partial charge in [-0.25, -0.2) is 21.6 Å². The normalized spacial score (nSPS) is 18.0. The number of nitrogens with zero attached hydrogens (tertiary/aromatic N) is 2. The fourth-order valence-corrected chi connectivity index (χ4v) is 5.25. The molecule has 3 N–H and O–H groups in total. The molecule has 1 aliphatic heterocycles. The molecule has 1 aliphatic rings. The van der Waals surface area contributed by atoms with E-state index in [1.165, 1.54) is 11.4 Å². The number of nitrogens with one attached hydrogen (secondary N) is 1. The van der Waals surface area contributed by atoms with Crippen LogP contribution in [0.25, 0.3) is 0 Å². The molecule has 1 unspecified atom stereocenters. The monoisotopic (exact) mass is 430 g/mol. The smallest absolute Gasteiger partial charge is 0.275 e. The lowest BCUT2D eigenvalue weighted by Crippen LogP contribution is -2.47. The highest BCUT2D eigenvalue weighted by Crippen LogP contribution is 2.29. The number of carbonyl (C=O) groups excluding carboxylic acids is 1. The second-order valence-corrected chi connectivity index (χ2v) is 8.71. The van der Waals surface area contributed by atoms with Crippen molar-refractivity contribution in [3.63, 3.8) is 0 Å². The summed E-state index contributed by atoms with van der Waals surface area (Å²) in [6, 6.07) is 2.22. The second kappa shape index (κ2) is 8.17. The van der Waals surface area contributed by atoms with Gasteiger partial charge in [-0.05, 0) is 25.0 Å². The van der Waals surface area contributed by atoms with Crippen LogP contribution >= 0.6 is 0 Å². The molecule has 1 aromatic carbocycles. The molecule has 7 nitrogen and oxygen atoms in total. The Morgan fingerprint density at radius 3 is 2.62 bits per heavy atom. The maximum absolute atomic E-state index is 15.0. The van der Waals surface area contributed by atoms with Crippen molar-refractivity contribution in [2.45, 2.75) is 30.2 Å². The summed E-state index contributed by atoms with van der Waals surface area (Å²) in [6.45, 7) is 0.325. The molecule has 1 fully saturated rings. The zero-order valence-electron chi connectivity index (χ0n) is 15.7. The van der Waals surface area contributed by atoms with E-state index in [4.69, 9.17) is 5.73 Å². The number of aryl methyl sites for hydroxylation is 1. The summed E-state index contributed by atoms with van der Waals surface area (Å²) in [7, 11) is -2.89. The lowest BCUT2D eigenvalue weighted by atomic mass is 10.1. The molecule has 1 saturated heterocycles. The van der Waals surface area contributed by atoms with Crippen LogP contribution in [-0.2, 0) is 17.1 Å². The number of halogens is 3. The molecule has 0 radical (unpaired) electrons. The maximum Gasteiger partial charge on any atom is 0.275 e. The van der Waals surface area contributed by atoms with Crippen molar-refractivity contribution in [1.29, 1.82) is 0 Å². The third-order valence-electron chi connectivity index (χ3n) is 4.91. The van der Waals surface area contributed by atoms with Gasteiger partial charge in [-0.1, -0.05) is 6.42 Å². The molecule has 1 amide bonds. The predicted octanol–water partition coefficient (Wildman–Crippen LogP) is 2.20. The first-order chi connectivity index (χ1) is 13.7. The topological polar surface area (TPSA) is 97.4 Å². The van der Waals surface area contributed by atoms with Crippen molar-refractivity contribution in [3.8, 4) is 0 Å². The number of hydrogen-bond donors (Lipinski definition) is 2. The number of benzene rings is 1. The molecule has 0 bridgehead atoms. The molecule has 1 atom stereocenters. The molecular weight excluding hydrogens is 409 g/mol. The van der Waals surface area contributed by atoms with Gasteiger partial charge in [-0.2, -0.15) is 4.31 Å². The van der Waals surface area contributed by atoms with Gasteiger partial charge in [-0.3, -0.25) is 4.79 Å². The highest BCUT2D eigenvalue weighted by Gasteiger charge is 2.37. The van der Waals surface area contributed by atoms with Crippen molar-refractivity contribution < 1.29 is 26.4 Å². The summed E-state index contributed by atoms with van der Waals surface area (Å²) in [5.74, 6) is -4.49. The first-order valence-electron chi connectivity index (χ1n) is 9.00. The molecular formula is C18H21F3N4O3S. The van der Waals surface area contributed by atoms with E-state index in [2.05, 4.69) is 5.32 Å². The third-order valence-corrected chi connectivity index (χ3v) is 6.85. The van der Waals surface area contributed by atoms with E-state index in [9.17, 15) is 22.0 Å². The van der Waals surface area contributed by atoms with Crippen LogP contribution in [0.5, 0.6) is 0 Å². The fraction of sp³-hybridized carbons (Fsp3) is 0.389. The highest BCUT2D eigenvalue weighted by atomic mass is 32.2. The molecule has 3 rings (SSSR count). The van der Waals surface area contributed by atoms with E-state index in [1.807, 2.05) is 0 Å². The molecule has 11 heteroatoms. The molecule has 0 spiro atoms. The van der Waals surface area contributed by atoms with Crippen LogP contribution in [0.15, 0.2) is 29.3 Å². The van der Waals surface area contributed by atoms with E-state index in [-0.39, 0.29) is 18.8 Å². The molecule has 2 aromatic rings. The minimum Gasteiger partial charge on any atom is -0.343 e. The average Bonchev–Trinajstić information content (AvgIpc) is 2.99. The summed E-state index contributed by atoms with van der Waals surface area (Å²) in [5.41, 5.74) is 5.03. The van der Waals surface area contributed by atoms with Gasteiger partial charge >= 0.3 is 0 Å². The largest absolute Gasteiger partial charge is 0.343 e. The van der Waals surface area contributed by atoms with Gasteiger partial charge < -0.3 is 15.6 Å². The van der Waals surface area contributed by atoms with Gasteiger partial charge in [0.15, 0.2) is 17.5 Å². The van der Waals surface area contributed by atoms with E-state index in [0.29, 0.717) is 12.8 Å². The van der Waals surface area contributed by atoms with Crippen molar-refractivity contribution in [1.82, 2.24) is 8.87 Å². The first kappa shape index (κ1) is 21.3. The summed E-state index contributed by atoms with van der Waals surface area (Å²) in [6.07, 6.45) is 3.06. The van der Waals surface area contributed by atoms with Gasteiger partial charge in [0.2, 0.25) is 10.0 Å². The van der Waals surface area contributed by atoms with Crippen LogP contribution < -0.4 is 11.1 Å². The van der Waals surface area contributed by atoms with Crippen molar-refractivity contribution >= 4 is 21.6 Å². The van der Waals surface area contributed by atoms with E-state index in [1.54, 1.807) is 0 Å². The van der Waals surface area contributed by atoms with Crippen LogP contribution in [0.4, 0.5) is 18.9 Å². The Balaban J connectivity index is 1.93. The SMILES string of the molecule is Cn1cc(S(=O)(=O)N2CCCCC2CN)c(F)c1C(=O)Nc1ccc(F)c(F)c1. The molecule has 0 saturated carbocycles. The van der Waals surface area contributed by atoms with Gasteiger partial charge in [0.05, 0.1) is 0 Å². The molecule has 158 valence electrons. The minimum absolute atomic E-state index is 0.0990. The number of amides is 1. The van der Waals surface area contributed by atoms with Gasteiger partial charge in [0, 0.05) is 44.1 Å². The van der Waals surface area contributed by atoms with Crippen molar-refractivity contribution in [3.05, 3.63) is 47.5 Å². The number of anilines is 1. The van der Waals surface area contributed by atoms with Crippen LogP contribution in [0.2, 0.25) is 0 Å². The van der Waals surface area contributed by atoms with Crippen LogP contribution in [0.1, 0.15) is 29.8 Å². The molecule has 29 heavy (non-hydrogen) atoms. The lowest BCUT2D eigenvalue weighted by Gasteiger charge is -2.33. The maximum atomic E-state index is 15.0. The number of carbonyl (C=O) groups is 1. The Hall–Kier alpha value is -2.37. The number of sulfonamides is 1. The Bertz CT molecular complexity index is 1040. The van der Waals surface area contributed by atoms with E-state index >= 15 is 4.39 Å². The van der Waals surface area contributed by atoms with Crippen molar-refractivity contribution in [2.75, 3.05) is 18.4 Å².